The van der Waals surface area contributed by atoms with Crippen LogP contribution in [0.25, 0.3) is 0 Å². The maximum Gasteiger partial charge on any atom is 0.324 e. The van der Waals surface area contributed by atoms with E-state index in [1.54, 1.807) is 43.3 Å². The monoisotopic (exact) mass is 363 g/mol. The number of nitrogens with zero attached hydrogens (tertiary/aromatic N) is 1. The number of hydrogen-bond acceptors (Lipinski definition) is 4. The van der Waals surface area contributed by atoms with Crippen molar-refractivity contribution in [1.82, 2.24) is 0 Å². The average Bonchev–Trinajstić information content (AvgIpc) is 2.59. The van der Waals surface area contributed by atoms with Crippen molar-refractivity contribution in [2.45, 2.75) is 25.2 Å². The summed E-state index contributed by atoms with van der Waals surface area (Å²) >= 11 is 0. The van der Waals surface area contributed by atoms with Gasteiger partial charge in [-0.15, -0.1) is 0 Å². The molecule has 0 saturated carbocycles. The van der Waals surface area contributed by atoms with Gasteiger partial charge in [0.2, 0.25) is 0 Å². The standard InChI is InChI=1S/C18H21NO5S/c1-4-14-6-8-15(9-7-14)19(12-18(20)21)25(22,23)17-11-13(2)5-10-16(17)24-3/h5-11H,4,12H2,1-3H3,(H,20,21). The molecule has 0 heterocycles. The van der Waals surface area contributed by atoms with Crippen LogP contribution < -0.4 is 9.04 Å². The fourth-order valence-electron chi connectivity index (χ4n) is 2.44. The van der Waals surface area contributed by atoms with E-state index >= 15 is 0 Å². The van der Waals surface area contributed by atoms with E-state index in [9.17, 15) is 18.3 Å². The number of hydrogen-bond donors (Lipinski definition) is 1. The molecule has 0 amide bonds. The number of carboxylic acid groups (broad SMARTS) is 1. The van der Waals surface area contributed by atoms with Crippen LogP contribution in [0.3, 0.4) is 0 Å². The third-order valence-electron chi connectivity index (χ3n) is 3.80. The first-order valence-electron chi connectivity index (χ1n) is 7.77. The molecule has 0 bridgehead atoms. The highest BCUT2D eigenvalue weighted by Gasteiger charge is 2.30. The highest BCUT2D eigenvalue weighted by molar-refractivity contribution is 7.93. The Morgan fingerprint density at radius 1 is 1.16 bits per heavy atom. The molecule has 0 unspecified atom stereocenters. The summed E-state index contributed by atoms with van der Waals surface area (Å²) in [6.07, 6.45) is 0.803. The zero-order valence-electron chi connectivity index (χ0n) is 14.4. The van der Waals surface area contributed by atoms with Crippen molar-refractivity contribution < 1.29 is 23.1 Å². The normalized spacial score (nSPS) is 11.2. The SMILES string of the molecule is CCc1ccc(N(CC(=O)O)S(=O)(=O)c2cc(C)ccc2OC)cc1. The highest BCUT2D eigenvalue weighted by Crippen LogP contribution is 2.31. The van der Waals surface area contributed by atoms with Crippen LogP contribution in [0, 0.1) is 6.92 Å². The molecular formula is C18H21NO5S. The fourth-order valence-corrected chi connectivity index (χ4v) is 4.10. The molecule has 0 radical (unpaired) electrons. The average molecular weight is 363 g/mol. The van der Waals surface area contributed by atoms with Gasteiger partial charge < -0.3 is 9.84 Å². The molecule has 0 aliphatic carbocycles. The number of rotatable bonds is 7. The summed E-state index contributed by atoms with van der Waals surface area (Å²) < 4.78 is 32.3. The van der Waals surface area contributed by atoms with Crippen molar-refractivity contribution in [2.24, 2.45) is 0 Å². The first-order chi connectivity index (χ1) is 11.8. The van der Waals surface area contributed by atoms with Crippen molar-refractivity contribution >= 4 is 21.7 Å². The lowest BCUT2D eigenvalue weighted by atomic mass is 10.1. The molecule has 0 saturated heterocycles. The van der Waals surface area contributed by atoms with Gasteiger partial charge in [-0.2, -0.15) is 0 Å². The maximum absolute atomic E-state index is 13.1. The van der Waals surface area contributed by atoms with E-state index in [0.717, 1.165) is 21.9 Å². The first kappa shape index (κ1) is 18.8. The number of carboxylic acids is 1. The minimum Gasteiger partial charge on any atom is -0.495 e. The summed E-state index contributed by atoms with van der Waals surface area (Å²) in [4.78, 5) is 11.2. The Bertz CT molecular complexity index is 860. The largest absolute Gasteiger partial charge is 0.495 e. The van der Waals surface area contributed by atoms with Crippen molar-refractivity contribution in [3.05, 3.63) is 53.6 Å². The molecule has 0 fully saturated rings. The summed E-state index contributed by atoms with van der Waals surface area (Å²) in [5.41, 5.74) is 2.06. The van der Waals surface area contributed by atoms with Gasteiger partial charge >= 0.3 is 5.97 Å². The van der Waals surface area contributed by atoms with Gasteiger partial charge in [-0.25, -0.2) is 8.42 Å². The zero-order chi connectivity index (χ0) is 18.6. The molecule has 0 spiro atoms. The van der Waals surface area contributed by atoms with Gasteiger partial charge in [-0.05, 0) is 48.7 Å². The predicted octanol–water partition coefficient (Wildman–Crippen LogP) is 2.85. The van der Waals surface area contributed by atoms with E-state index < -0.39 is 22.5 Å². The molecule has 1 N–H and O–H groups in total. The summed E-state index contributed by atoms with van der Waals surface area (Å²) in [7, 11) is -2.73. The smallest absolute Gasteiger partial charge is 0.324 e. The molecule has 2 aromatic carbocycles. The van der Waals surface area contributed by atoms with Crippen molar-refractivity contribution in [1.29, 1.82) is 0 Å². The van der Waals surface area contributed by atoms with Crippen LogP contribution >= 0.6 is 0 Å². The quantitative estimate of drug-likeness (QED) is 0.818. The lowest BCUT2D eigenvalue weighted by Crippen LogP contribution is -2.36. The number of methoxy groups -OCH3 is 1. The molecule has 2 aromatic rings. The first-order valence-corrected chi connectivity index (χ1v) is 9.21. The second kappa shape index (κ2) is 7.57. The van der Waals surface area contributed by atoms with Gasteiger partial charge in [0.15, 0.2) is 0 Å². The van der Waals surface area contributed by atoms with Crippen LogP contribution in [-0.4, -0.2) is 33.1 Å². The molecule has 6 nitrogen and oxygen atoms in total. The molecule has 134 valence electrons. The van der Waals surface area contributed by atoms with Gasteiger partial charge in [0.05, 0.1) is 12.8 Å². The van der Waals surface area contributed by atoms with E-state index in [1.807, 2.05) is 6.92 Å². The molecule has 2 rings (SSSR count). The third-order valence-corrected chi connectivity index (χ3v) is 5.59. The Kier molecular flexibility index (Phi) is 5.69. The van der Waals surface area contributed by atoms with Gasteiger partial charge in [-0.1, -0.05) is 25.1 Å². The Morgan fingerprint density at radius 2 is 1.80 bits per heavy atom. The highest BCUT2D eigenvalue weighted by atomic mass is 32.2. The summed E-state index contributed by atoms with van der Waals surface area (Å²) in [6, 6.07) is 11.6. The van der Waals surface area contributed by atoms with Crippen LogP contribution in [0.15, 0.2) is 47.4 Å². The molecular weight excluding hydrogens is 342 g/mol. The number of benzene rings is 2. The van der Waals surface area contributed by atoms with E-state index in [4.69, 9.17) is 4.74 Å². The maximum atomic E-state index is 13.1. The van der Waals surface area contributed by atoms with Gasteiger partial charge in [0, 0.05) is 0 Å². The van der Waals surface area contributed by atoms with Gasteiger partial charge in [-0.3, -0.25) is 9.10 Å². The van der Waals surface area contributed by atoms with E-state index in [2.05, 4.69) is 0 Å². The molecule has 0 atom stereocenters. The second-order valence-corrected chi connectivity index (χ2v) is 7.41. The van der Waals surface area contributed by atoms with E-state index in [-0.39, 0.29) is 10.6 Å². The lowest BCUT2D eigenvalue weighted by Gasteiger charge is -2.24. The van der Waals surface area contributed by atoms with Crippen molar-refractivity contribution in [3.63, 3.8) is 0 Å². The number of carbonyl (C=O) groups is 1. The Labute approximate surface area is 147 Å². The molecule has 0 aliphatic heterocycles. The lowest BCUT2D eigenvalue weighted by molar-refractivity contribution is -0.135. The summed E-state index contributed by atoms with van der Waals surface area (Å²) in [5.74, 6) is -1.07. The van der Waals surface area contributed by atoms with E-state index in [0.29, 0.717) is 5.69 Å². The molecule has 0 aliphatic rings. The topological polar surface area (TPSA) is 83.9 Å². The fraction of sp³-hybridized carbons (Fsp3) is 0.278. The molecule has 7 heteroatoms. The van der Waals surface area contributed by atoms with Crippen LogP contribution in [0.5, 0.6) is 5.75 Å². The molecule has 25 heavy (non-hydrogen) atoms. The van der Waals surface area contributed by atoms with Crippen molar-refractivity contribution in [3.8, 4) is 5.75 Å². The second-order valence-electron chi connectivity index (χ2n) is 5.58. The summed E-state index contributed by atoms with van der Waals surface area (Å²) in [5, 5.41) is 9.20. The van der Waals surface area contributed by atoms with Crippen LogP contribution in [-0.2, 0) is 21.2 Å². The Hall–Kier alpha value is -2.54. The number of sulfonamides is 1. The van der Waals surface area contributed by atoms with Crippen LogP contribution in [0.4, 0.5) is 5.69 Å². The van der Waals surface area contributed by atoms with Crippen LogP contribution in [0.2, 0.25) is 0 Å². The third kappa shape index (κ3) is 4.11. The number of aliphatic carboxylic acids is 1. The van der Waals surface area contributed by atoms with Crippen molar-refractivity contribution in [2.75, 3.05) is 18.0 Å². The van der Waals surface area contributed by atoms with Gasteiger partial charge in [0.1, 0.15) is 17.2 Å². The Balaban J connectivity index is 2.59. The predicted molar refractivity (Wildman–Crippen MR) is 95.7 cm³/mol. The minimum atomic E-state index is -4.11. The number of ether oxygens (including phenoxy) is 1. The Morgan fingerprint density at radius 3 is 2.32 bits per heavy atom. The van der Waals surface area contributed by atoms with E-state index in [1.165, 1.54) is 13.2 Å². The zero-order valence-corrected chi connectivity index (χ0v) is 15.2. The van der Waals surface area contributed by atoms with Crippen LogP contribution in [0.1, 0.15) is 18.1 Å². The number of aryl methyl sites for hydroxylation is 2. The van der Waals surface area contributed by atoms with Gasteiger partial charge in [0.25, 0.3) is 10.0 Å². The number of anilines is 1. The minimum absolute atomic E-state index is 0.0594. The molecule has 0 aromatic heterocycles. The summed E-state index contributed by atoms with van der Waals surface area (Å²) in [6.45, 7) is 3.07.